The van der Waals surface area contributed by atoms with E-state index in [2.05, 4.69) is 32.6 Å². The highest BCUT2D eigenvalue weighted by atomic mass is 127. The topological polar surface area (TPSA) is 72.3 Å². The van der Waals surface area contributed by atoms with E-state index in [-0.39, 0.29) is 12.2 Å². The van der Waals surface area contributed by atoms with E-state index < -0.39 is 5.97 Å². The molecule has 0 amide bonds. The van der Waals surface area contributed by atoms with Crippen LogP contribution >= 0.6 is 22.6 Å². The third kappa shape index (κ3) is 3.16. The van der Waals surface area contributed by atoms with E-state index in [0.717, 1.165) is 3.57 Å². The third-order valence-electron chi connectivity index (χ3n) is 2.15. The van der Waals surface area contributed by atoms with Crippen molar-refractivity contribution in [3.8, 4) is 5.75 Å². The maximum absolute atomic E-state index is 11.1. The number of nitrogens with zero attached hydrogens (tertiary/aromatic N) is 2. The van der Waals surface area contributed by atoms with Gasteiger partial charge < -0.3 is 9.84 Å². The summed E-state index contributed by atoms with van der Waals surface area (Å²) >= 11 is 2.05. The second kappa shape index (κ2) is 5.76. The second-order valence-corrected chi connectivity index (χ2v) is 4.64. The van der Waals surface area contributed by atoms with Crippen molar-refractivity contribution in [1.82, 2.24) is 9.97 Å². The quantitative estimate of drug-likeness (QED) is 0.852. The Morgan fingerprint density at radius 2 is 2.06 bits per heavy atom. The van der Waals surface area contributed by atoms with Crippen molar-refractivity contribution in [2.75, 3.05) is 0 Å². The van der Waals surface area contributed by atoms with E-state index in [1.165, 1.54) is 0 Å². The number of halogens is 1. The molecule has 0 saturated carbocycles. The molecule has 1 aromatic heterocycles. The predicted octanol–water partition coefficient (Wildman–Crippen LogP) is 2.36. The number of hydrogen-bond donors (Lipinski definition) is 1. The number of carboxylic acid groups (broad SMARTS) is 1. The van der Waals surface area contributed by atoms with Crippen LogP contribution in [0.25, 0.3) is 0 Å². The first-order chi connectivity index (χ1) is 8.66. The summed E-state index contributed by atoms with van der Waals surface area (Å²) in [6.45, 7) is 0.141. The molecule has 0 aliphatic carbocycles. The molecule has 0 fully saturated rings. The highest BCUT2D eigenvalue weighted by Gasteiger charge is 2.12. The number of benzene rings is 1. The molecule has 0 aliphatic heterocycles. The summed E-state index contributed by atoms with van der Waals surface area (Å²) in [5.41, 5.74) is 0.137. The fourth-order valence-corrected chi connectivity index (χ4v) is 1.83. The van der Waals surface area contributed by atoms with Crippen LogP contribution in [0.15, 0.2) is 36.7 Å². The van der Waals surface area contributed by atoms with Gasteiger partial charge in [0.25, 0.3) is 0 Å². The van der Waals surface area contributed by atoms with Crippen molar-refractivity contribution in [1.29, 1.82) is 0 Å². The lowest BCUT2D eigenvalue weighted by Crippen LogP contribution is -2.05. The number of aromatic nitrogens is 2. The Bertz CT molecular complexity index is 561. The van der Waals surface area contributed by atoms with Crippen molar-refractivity contribution in [2.24, 2.45) is 0 Å². The van der Waals surface area contributed by atoms with E-state index in [4.69, 9.17) is 9.84 Å². The average molecular weight is 356 g/mol. The average Bonchev–Trinajstić information content (AvgIpc) is 2.38. The number of carbonyl (C=O) groups is 1. The van der Waals surface area contributed by atoms with E-state index in [0.29, 0.717) is 11.6 Å². The first kappa shape index (κ1) is 12.7. The fourth-order valence-electron chi connectivity index (χ4n) is 1.34. The summed E-state index contributed by atoms with van der Waals surface area (Å²) in [7, 11) is 0. The van der Waals surface area contributed by atoms with Gasteiger partial charge in [-0.25, -0.2) is 14.8 Å². The van der Waals surface area contributed by atoms with Gasteiger partial charge in [0.1, 0.15) is 17.9 Å². The van der Waals surface area contributed by atoms with Crippen molar-refractivity contribution in [3.05, 3.63) is 51.6 Å². The number of rotatable bonds is 4. The van der Waals surface area contributed by atoms with E-state index >= 15 is 0 Å². The number of ether oxygens (including phenoxy) is 1. The summed E-state index contributed by atoms with van der Waals surface area (Å²) in [6, 6.07) is 6.68. The van der Waals surface area contributed by atoms with Crippen LogP contribution < -0.4 is 4.74 Å². The van der Waals surface area contributed by atoms with Gasteiger partial charge in [-0.05, 0) is 46.9 Å². The van der Waals surface area contributed by atoms with Gasteiger partial charge in [-0.15, -0.1) is 0 Å². The summed E-state index contributed by atoms with van der Waals surface area (Å²) in [4.78, 5) is 19.1. The number of hydrogen-bond acceptors (Lipinski definition) is 4. The molecule has 0 radical (unpaired) electrons. The molecular formula is C12H9IN2O3. The van der Waals surface area contributed by atoms with Crippen LogP contribution in [0.4, 0.5) is 0 Å². The van der Waals surface area contributed by atoms with Crippen LogP contribution in [0, 0.1) is 3.57 Å². The molecule has 1 N–H and O–H groups in total. The molecule has 0 bridgehead atoms. The first-order valence-electron chi connectivity index (χ1n) is 5.08. The van der Waals surface area contributed by atoms with Crippen LogP contribution in [0.5, 0.6) is 5.75 Å². The zero-order chi connectivity index (χ0) is 13.0. The molecule has 2 rings (SSSR count). The van der Waals surface area contributed by atoms with Crippen molar-refractivity contribution in [2.45, 2.75) is 6.61 Å². The normalized spacial score (nSPS) is 10.1. The Labute approximate surface area is 117 Å². The van der Waals surface area contributed by atoms with Gasteiger partial charge in [0.15, 0.2) is 5.82 Å². The monoisotopic (exact) mass is 356 g/mol. The van der Waals surface area contributed by atoms with E-state index in [1.54, 1.807) is 36.7 Å². The Hall–Kier alpha value is -1.70. The smallest absolute Gasteiger partial charge is 0.339 e. The van der Waals surface area contributed by atoms with Gasteiger partial charge in [-0.3, -0.25) is 0 Å². The largest absolute Gasteiger partial charge is 0.485 e. The Morgan fingerprint density at radius 1 is 1.33 bits per heavy atom. The highest BCUT2D eigenvalue weighted by Crippen LogP contribution is 2.21. The van der Waals surface area contributed by atoms with Crippen LogP contribution in [0.1, 0.15) is 16.2 Å². The van der Waals surface area contributed by atoms with Gasteiger partial charge in [-0.1, -0.05) is 0 Å². The minimum Gasteiger partial charge on any atom is -0.485 e. The maximum Gasteiger partial charge on any atom is 0.339 e. The molecule has 0 aliphatic rings. The third-order valence-corrected chi connectivity index (χ3v) is 2.82. The van der Waals surface area contributed by atoms with E-state index in [1.807, 2.05) is 0 Å². The molecule has 0 atom stereocenters. The van der Waals surface area contributed by atoms with Crippen LogP contribution in [-0.4, -0.2) is 21.0 Å². The predicted molar refractivity (Wildman–Crippen MR) is 72.5 cm³/mol. The van der Waals surface area contributed by atoms with Gasteiger partial charge >= 0.3 is 5.97 Å². The standard InChI is InChI=1S/C12H9IN2O3/c13-8-2-3-10(9(6-8)12(16)17)18-7-11-14-4-1-5-15-11/h1-6H,7H2,(H,16,17). The lowest BCUT2D eigenvalue weighted by Gasteiger charge is -2.08. The molecule has 6 heteroatoms. The van der Waals surface area contributed by atoms with Gasteiger partial charge in [0.05, 0.1) is 0 Å². The Balaban J connectivity index is 2.17. The molecular weight excluding hydrogens is 347 g/mol. The zero-order valence-corrected chi connectivity index (χ0v) is 11.4. The number of carboxylic acids is 1. The van der Waals surface area contributed by atoms with Crippen LogP contribution in [0.3, 0.4) is 0 Å². The van der Waals surface area contributed by atoms with Crippen LogP contribution in [-0.2, 0) is 6.61 Å². The summed E-state index contributed by atoms with van der Waals surface area (Å²) in [5, 5.41) is 9.07. The van der Waals surface area contributed by atoms with Crippen molar-refractivity contribution >= 4 is 28.6 Å². The molecule has 5 nitrogen and oxygen atoms in total. The van der Waals surface area contributed by atoms with Crippen molar-refractivity contribution < 1.29 is 14.6 Å². The summed E-state index contributed by atoms with van der Waals surface area (Å²) in [6.07, 6.45) is 3.22. The second-order valence-electron chi connectivity index (χ2n) is 3.40. The molecule has 18 heavy (non-hydrogen) atoms. The SMILES string of the molecule is O=C(O)c1cc(I)ccc1OCc1ncccn1. The molecule has 1 heterocycles. The van der Waals surface area contributed by atoms with E-state index in [9.17, 15) is 4.79 Å². The zero-order valence-electron chi connectivity index (χ0n) is 9.21. The highest BCUT2D eigenvalue weighted by molar-refractivity contribution is 14.1. The fraction of sp³-hybridized carbons (Fsp3) is 0.0833. The van der Waals surface area contributed by atoms with Crippen LogP contribution in [0.2, 0.25) is 0 Å². The Morgan fingerprint density at radius 3 is 2.72 bits per heavy atom. The van der Waals surface area contributed by atoms with Gasteiger partial charge in [-0.2, -0.15) is 0 Å². The summed E-state index contributed by atoms with van der Waals surface area (Å²) in [5.74, 6) is -0.194. The Kier molecular flexibility index (Phi) is 4.08. The molecule has 92 valence electrons. The minimum atomic E-state index is -1.02. The molecule has 0 saturated heterocycles. The molecule has 0 unspecified atom stereocenters. The van der Waals surface area contributed by atoms with Crippen molar-refractivity contribution in [3.63, 3.8) is 0 Å². The lowest BCUT2D eigenvalue weighted by atomic mass is 10.2. The molecule has 2 aromatic rings. The minimum absolute atomic E-state index is 0.137. The van der Waals surface area contributed by atoms with Gasteiger partial charge in [0, 0.05) is 16.0 Å². The first-order valence-corrected chi connectivity index (χ1v) is 6.16. The maximum atomic E-state index is 11.1. The number of aromatic carboxylic acids is 1. The molecule has 0 spiro atoms. The van der Waals surface area contributed by atoms with Gasteiger partial charge in [0.2, 0.25) is 0 Å². The summed E-state index contributed by atoms with van der Waals surface area (Å²) < 4.78 is 6.27. The lowest BCUT2D eigenvalue weighted by molar-refractivity contribution is 0.0691. The molecule has 1 aromatic carbocycles.